The topological polar surface area (TPSA) is 36.4 Å². The van der Waals surface area contributed by atoms with Gasteiger partial charge in [-0.2, -0.15) is 0 Å². The molecule has 2 heterocycles. The Morgan fingerprint density at radius 3 is 2.58 bits per heavy atom. The Morgan fingerprint density at radius 1 is 1.15 bits per heavy atom. The van der Waals surface area contributed by atoms with E-state index >= 15 is 0 Å². The van der Waals surface area contributed by atoms with Crippen LogP contribution in [0.1, 0.15) is 21.6 Å². The number of hydrogen-bond acceptors (Lipinski definition) is 3. The van der Waals surface area contributed by atoms with Crippen molar-refractivity contribution in [2.75, 3.05) is 33.2 Å². The summed E-state index contributed by atoms with van der Waals surface area (Å²) in [5.41, 5.74) is 3.09. The van der Waals surface area contributed by atoms with Gasteiger partial charge < -0.3 is 9.80 Å². The van der Waals surface area contributed by atoms with Gasteiger partial charge in [0.2, 0.25) is 0 Å². The van der Waals surface area contributed by atoms with Gasteiger partial charge in [-0.05, 0) is 55.5 Å². The molecule has 1 aliphatic carbocycles. The molecule has 1 aliphatic heterocycles. The molecule has 1 aromatic carbocycles. The first kappa shape index (κ1) is 17.2. The number of benzene rings is 1. The number of carbonyl (C=O) groups excluding carboxylic acids is 1. The van der Waals surface area contributed by atoms with Gasteiger partial charge in [0.1, 0.15) is 0 Å². The van der Waals surface area contributed by atoms with Gasteiger partial charge in [-0.1, -0.05) is 24.3 Å². The van der Waals surface area contributed by atoms with Gasteiger partial charge in [0.05, 0.1) is 0 Å². The molecule has 4 rings (SSSR count). The number of rotatable bonds is 6. The van der Waals surface area contributed by atoms with Crippen molar-refractivity contribution >= 4 is 5.91 Å². The van der Waals surface area contributed by atoms with E-state index in [0.717, 1.165) is 55.3 Å². The van der Waals surface area contributed by atoms with Gasteiger partial charge in [-0.15, -0.1) is 0 Å². The van der Waals surface area contributed by atoms with Crippen molar-refractivity contribution in [2.45, 2.75) is 13.3 Å². The summed E-state index contributed by atoms with van der Waals surface area (Å²) in [6, 6.07) is 14.0. The fraction of sp³-hybridized carbons (Fsp3) is 0.455. The standard InChI is InChI=1S/C22H27N3O/c1-16-7-3-4-9-18(16)22(26)25-14-20-19(21(20)15-25)13-24(2)12-10-17-8-5-6-11-23-17/h3-9,11,19-21H,10,12-15H2,1-2H3/t19?,20-,21+. The molecule has 0 spiro atoms. The molecular formula is C22H27N3O. The van der Waals surface area contributed by atoms with Crippen LogP contribution in [0.4, 0.5) is 0 Å². The van der Waals surface area contributed by atoms with Gasteiger partial charge in [-0.3, -0.25) is 9.78 Å². The lowest BCUT2D eigenvalue weighted by Crippen LogP contribution is -2.34. The van der Waals surface area contributed by atoms with E-state index in [4.69, 9.17) is 0 Å². The molecule has 1 amide bonds. The smallest absolute Gasteiger partial charge is 0.254 e. The highest BCUT2D eigenvalue weighted by molar-refractivity contribution is 5.95. The molecule has 0 radical (unpaired) electrons. The molecule has 1 aromatic heterocycles. The van der Waals surface area contributed by atoms with Gasteiger partial charge in [0, 0.05) is 50.1 Å². The highest BCUT2D eigenvalue weighted by atomic mass is 16.2. The van der Waals surface area contributed by atoms with Gasteiger partial charge >= 0.3 is 0 Å². The third kappa shape index (κ3) is 3.51. The lowest BCUT2D eigenvalue weighted by atomic mass is 10.1. The molecule has 2 fully saturated rings. The van der Waals surface area contributed by atoms with E-state index in [9.17, 15) is 4.79 Å². The summed E-state index contributed by atoms with van der Waals surface area (Å²) in [6.45, 7) is 6.05. The number of likely N-dealkylation sites (N-methyl/N-ethyl adjacent to an activating group) is 1. The number of piperidine rings is 1. The zero-order chi connectivity index (χ0) is 18.1. The Kier molecular flexibility index (Phi) is 4.77. The average molecular weight is 349 g/mol. The molecule has 136 valence electrons. The molecule has 4 nitrogen and oxygen atoms in total. The van der Waals surface area contributed by atoms with Crippen LogP contribution in [-0.4, -0.2) is 53.9 Å². The summed E-state index contributed by atoms with van der Waals surface area (Å²) >= 11 is 0. The molecule has 1 saturated carbocycles. The van der Waals surface area contributed by atoms with Crippen molar-refractivity contribution < 1.29 is 4.79 Å². The first-order chi connectivity index (χ1) is 12.6. The Morgan fingerprint density at radius 2 is 1.88 bits per heavy atom. The number of pyridine rings is 1. The van der Waals surface area contributed by atoms with E-state index in [0.29, 0.717) is 11.8 Å². The van der Waals surface area contributed by atoms with Gasteiger partial charge in [0.25, 0.3) is 5.91 Å². The number of carbonyl (C=O) groups is 1. The van der Waals surface area contributed by atoms with E-state index in [2.05, 4.69) is 27.9 Å². The Labute approximate surface area is 155 Å². The maximum Gasteiger partial charge on any atom is 0.254 e. The fourth-order valence-corrected chi connectivity index (χ4v) is 4.37. The van der Waals surface area contributed by atoms with Crippen molar-refractivity contribution in [3.63, 3.8) is 0 Å². The molecule has 26 heavy (non-hydrogen) atoms. The van der Waals surface area contributed by atoms with E-state index in [-0.39, 0.29) is 5.91 Å². The first-order valence-corrected chi connectivity index (χ1v) is 9.57. The SMILES string of the molecule is Cc1ccccc1C(=O)N1C[C@@H]2C(CN(C)CCc3ccccn3)[C@@H]2C1. The monoisotopic (exact) mass is 349 g/mol. The number of fused-ring (bicyclic) bond motifs is 1. The van der Waals surface area contributed by atoms with Crippen LogP contribution in [0, 0.1) is 24.7 Å². The second-order valence-electron chi connectivity index (χ2n) is 7.85. The number of aryl methyl sites for hydroxylation is 1. The van der Waals surface area contributed by atoms with Crippen LogP contribution >= 0.6 is 0 Å². The molecule has 0 bridgehead atoms. The summed E-state index contributed by atoms with van der Waals surface area (Å²) in [7, 11) is 2.20. The van der Waals surface area contributed by atoms with Crippen LogP contribution < -0.4 is 0 Å². The largest absolute Gasteiger partial charge is 0.338 e. The minimum atomic E-state index is 0.206. The second kappa shape index (κ2) is 7.20. The van der Waals surface area contributed by atoms with Crippen LogP contribution in [-0.2, 0) is 6.42 Å². The predicted octanol–water partition coefficient (Wildman–Crippen LogP) is 2.88. The van der Waals surface area contributed by atoms with Crippen molar-refractivity contribution in [1.29, 1.82) is 0 Å². The number of likely N-dealkylation sites (tertiary alicyclic amines) is 1. The number of hydrogen-bond donors (Lipinski definition) is 0. The molecule has 4 heteroatoms. The van der Waals surface area contributed by atoms with Crippen molar-refractivity contribution in [2.24, 2.45) is 17.8 Å². The second-order valence-corrected chi connectivity index (χ2v) is 7.85. The fourth-order valence-electron chi connectivity index (χ4n) is 4.37. The Balaban J connectivity index is 1.24. The maximum atomic E-state index is 12.7. The molecule has 2 aliphatic rings. The van der Waals surface area contributed by atoms with Crippen LogP contribution in [0.3, 0.4) is 0 Å². The summed E-state index contributed by atoms with van der Waals surface area (Å²) in [5, 5.41) is 0. The Bertz CT molecular complexity index is 764. The lowest BCUT2D eigenvalue weighted by molar-refractivity contribution is 0.0764. The van der Waals surface area contributed by atoms with E-state index < -0.39 is 0 Å². The molecule has 1 unspecified atom stereocenters. The third-order valence-corrected chi connectivity index (χ3v) is 6.03. The first-order valence-electron chi connectivity index (χ1n) is 9.57. The van der Waals surface area contributed by atoms with Crippen LogP contribution in [0.15, 0.2) is 48.7 Å². The van der Waals surface area contributed by atoms with Crippen molar-refractivity contribution in [1.82, 2.24) is 14.8 Å². The van der Waals surface area contributed by atoms with Crippen LogP contribution in [0.2, 0.25) is 0 Å². The molecule has 3 atom stereocenters. The summed E-state index contributed by atoms with van der Waals surface area (Å²) < 4.78 is 0. The quantitative estimate of drug-likeness (QED) is 0.805. The molecule has 2 aromatic rings. The summed E-state index contributed by atoms with van der Waals surface area (Å²) in [4.78, 5) is 21.6. The minimum Gasteiger partial charge on any atom is -0.338 e. The van der Waals surface area contributed by atoms with Crippen LogP contribution in [0.5, 0.6) is 0 Å². The zero-order valence-electron chi connectivity index (χ0n) is 15.6. The van der Waals surface area contributed by atoms with Crippen molar-refractivity contribution in [3.05, 3.63) is 65.5 Å². The minimum absolute atomic E-state index is 0.206. The normalized spacial score (nSPS) is 24.0. The predicted molar refractivity (Wildman–Crippen MR) is 103 cm³/mol. The van der Waals surface area contributed by atoms with Gasteiger partial charge in [0.15, 0.2) is 0 Å². The Hall–Kier alpha value is -2.20. The summed E-state index contributed by atoms with van der Waals surface area (Å²) in [6.07, 6.45) is 2.86. The van der Waals surface area contributed by atoms with E-state index in [1.807, 2.05) is 49.5 Å². The number of amides is 1. The van der Waals surface area contributed by atoms with Crippen LogP contribution in [0.25, 0.3) is 0 Å². The maximum absolute atomic E-state index is 12.7. The molecule has 1 saturated heterocycles. The third-order valence-electron chi connectivity index (χ3n) is 6.03. The lowest BCUT2D eigenvalue weighted by Gasteiger charge is -2.23. The van der Waals surface area contributed by atoms with E-state index in [1.165, 1.54) is 0 Å². The number of nitrogens with zero attached hydrogens (tertiary/aromatic N) is 3. The van der Waals surface area contributed by atoms with Gasteiger partial charge in [-0.25, -0.2) is 0 Å². The molecular weight excluding hydrogens is 322 g/mol. The zero-order valence-corrected chi connectivity index (χ0v) is 15.6. The highest BCUT2D eigenvalue weighted by Gasteiger charge is 2.56. The molecule has 0 N–H and O–H groups in total. The van der Waals surface area contributed by atoms with Crippen molar-refractivity contribution in [3.8, 4) is 0 Å². The summed E-state index contributed by atoms with van der Waals surface area (Å²) in [5.74, 6) is 2.35. The highest BCUT2D eigenvalue weighted by Crippen LogP contribution is 2.52. The average Bonchev–Trinajstić information content (AvgIpc) is 3.09. The van der Waals surface area contributed by atoms with E-state index in [1.54, 1.807) is 0 Å². The number of aromatic nitrogens is 1.